The standard InChI is InChI=1S/C35H33NO2/c1-34(36)32(37)30-27(31(33(34)38)35-17-20-13-21(18-35)15-22(14-20)19-35)12-11-26-25-10-6-5-9-24(25)16-28(29(26)30)23-7-3-2-4-8-23/h2-12,16,20-22,28H,13-15,17-19,36H2,1H3. The third-order valence-electron chi connectivity index (χ3n) is 10.5. The molecule has 2 N–H and O–H groups in total. The van der Waals surface area contributed by atoms with Crippen LogP contribution in [0.4, 0.5) is 0 Å². The summed E-state index contributed by atoms with van der Waals surface area (Å²) in [5.74, 6) is 1.65. The number of ketones is 2. The van der Waals surface area contributed by atoms with Gasteiger partial charge in [-0.15, -0.1) is 0 Å². The van der Waals surface area contributed by atoms with Gasteiger partial charge in [0, 0.05) is 22.5 Å². The highest BCUT2D eigenvalue weighted by atomic mass is 16.2. The number of hydrogen-bond donors (Lipinski definition) is 1. The zero-order chi connectivity index (χ0) is 25.8. The molecule has 0 spiro atoms. The van der Waals surface area contributed by atoms with Gasteiger partial charge in [-0.05, 0) is 95.2 Å². The number of Topliss-reactive ketones (excluding diaryl/α,β-unsaturated/α-hetero) is 2. The summed E-state index contributed by atoms with van der Waals surface area (Å²) in [6.45, 7) is 1.67. The van der Waals surface area contributed by atoms with Gasteiger partial charge in [-0.3, -0.25) is 9.59 Å². The molecule has 0 radical (unpaired) electrons. The van der Waals surface area contributed by atoms with E-state index in [1.165, 1.54) is 24.5 Å². The first kappa shape index (κ1) is 22.7. The Morgan fingerprint density at radius 3 is 2.00 bits per heavy atom. The van der Waals surface area contributed by atoms with E-state index in [4.69, 9.17) is 5.73 Å². The van der Waals surface area contributed by atoms with Crippen molar-refractivity contribution >= 4 is 23.2 Å². The summed E-state index contributed by atoms with van der Waals surface area (Å²) >= 11 is 0. The minimum Gasteiger partial charge on any atom is -0.312 e. The van der Waals surface area contributed by atoms with Crippen molar-refractivity contribution in [1.82, 2.24) is 0 Å². The molecule has 6 aliphatic carbocycles. The number of benzene rings is 3. The summed E-state index contributed by atoms with van der Waals surface area (Å²) in [5, 5.41) is 4.27. The van der Waals surface area contributed by atoms with Gasteiger partial charge in [0.2, 0.25) is 0 Å². The molecule has 2 atom stereocenters. The van der Waals surface area contributed by atoms with Gasteiger partial charge < -0.3 is 5.73 Å². The van der Waals surface area contributed by atoms with Crippen molar-refractivity contribution in [2.75, 3.05) is 0 Å². The number of carbonyl (C=O) groups excluding carboxylic acids is 2. The maximum absolute atomic E-state index is 14.3. The molecule has 3 nitrogen and oxygen atoms in total. The highest BCUT2D eigenvalue weighted by Gasteiger charge is 2.57. The van der Waals surface area contributed by atoms with Crippen molar-refractivity contribution < 1.29 is 9.59 Å². The van der Waals surface area contributed by atoms with E-state index < -0.39 is 5.54 Å². The Morgan fingerprint density at radius 2 is 1.32 bits per heavy atom. The van der Waals surface area contributed by atoms with E-state index in [0.717, 1.165) is 51.6 Å². The molecular formula is C35H33NO2. The van der Waals surface area contributed by atoms with Gasteiger partial charge in [0.25, 0.3) is 0 Å². The van der Waals surface area contributed by atoms with Gasteiger partial charge in [-0.25, -0.2) is 0 Å². The molecule has 2 unspecified atom stereocenters. The first-order valence-corrected chi connectivity index (χ1v) is 14.3. The maximum Gasteiger partial charge on any atom is 0.191 e. The summed E-state index contributed by atoms with van der Waals surface area (Å²) in [7, 11) is 0. The van der Waals surface area contributed by atoms with Crippen LogP contribution >= 0.6 is 0 Å². The Balaban J connectivity index is 1.52. The largest absolute Gasteiger partial charge is 0.312 e. The average molecular weight is 500 g/mol. The molecule has 0 amide bonds. The zero-order valence-corrected chi connectivity index (χ0v) is 21.9. The average Bonchev–Trinajstić information content (AvgIpc) is 2.91. The van der Waals surface area contributed by atoms with Crippen LogP contribution in [0, 0.1) is 33.6 Å². The fourth-order valence-corrected chi connectivity index (χ4v) is 9.39. The number of nitrogens with two attached hydrogens (primary N) is 1. The molecule has 190 valence electrons. The molecule has 3 aromatic carbocycles. The van der Waals surface area contributed by atoms with Crippen LogP contribution < -0.4 is 16.2 Å². The Labute approximate surface area is 222 Å². The van der Waals surface area contributed by atoms with Crippen molar-refractivity contribution in [3.8, 4) is 0 Å². The van der Waals surface area contributed by atoms with Crippen molar-refractivity contribution in [1.29, 1.82) is 0 Å². The van der Waals surface area contributed by atoms with Crippen LogP contribution in [0.5, 0.6) is 0 Å². The van der Waals surface area contributed by atoms with Gasteiger partial charge in [0.15, 0.2) is 11.6 Å². The van der Waals surface area contributed by atoms with Gasteiger partial charge in [-0.1, -0.05) is 72.8 Å². The Kier molecular flexibility index (Phi) is 4.55. The maximum atomic E-state index is 14.3. The van der Waals surface area contributed by atoms with Gasteiger partial charge in [-0.2, -0.15) is 0 Å². The normalized spacial score (nSPS) is 34.4. The lowest BCUT2D eigenvalue weighted by molar-refractivity contribution is -0.119. The molecule has 0 aromatic heterocycles. The zero-order valence-electron chi connectivity index (χ0n) is 21.9. The number of fused-ring (bicyclic) bond motifs is 4. The van der Waals surface area contributed by atoms with Crippen LogP contribution in [0.25, 0.3) is 11.6 Å². The van der Waals surface area contributed by atoms with E-state index in [9.17, 15) is 9.59 Å². The van der Waals surface area contributed by atoms with Crippen molar-refractivity contribution in [2.24, 2.45) is 28.9 Å². The van der Waals surface area contributed by atoms with Crippen molar-refractivity contribution in [3.63, 3.8) is 0 Å². The summed E-state index contributed by atoms with van der Waals surface area (Å²) in [5.41, 5.74) is 8.82. The van der Waals surface area contributed by atoms with E-state index in [1.54, 1.807) is 6.92 Å². The van der Waals surface area contributed by atoms with Crippen molar-refractivity contribution in [3.05, 3.63) is 104 Å². The highest BCUT2D eigenvalue weighted by molar-refractivity contribution is 6.35. The monoisotopic (exact) mass is 499 g/mol. The van der Waals surface area contributed by atoms with Crippen LogP contribution in [0.3, 0.4) is 0 Å². The third kappa shape index (κ3) is 2.94. The second-order valence-electron chi connectivity index (χ2n) is 13.0. The Bertz CT molecular complexity index is 1730. The first-order valence-electron chi connectivity index (χ1n) is 14.3. The number of rotatable bonds is 2. The molecule has 4 saturated carbocycles. The summed E-state index contributed by atoms with van der Waals surface area (Å²) in [4.78, 5) is 28.6. The first-order chi connectivity index (χ1) is 18.4. The number of hydrogen-bond acceptors (Lipinski definition) is 3. The second kappa shape index (κ2) is 7.64. The predicted molar refractivity (Wildman–Crippen MR) is 148 cm³/mol. The minimum atomic E-state index is -1.54. The predicted octanol–water partition coefficient (Wildman–Crippen LogP) is 4.75. The molecule has 0 heterocycles. The number of carbonyl (C=O) groups is 2. The van der Waals surface area contributed by atoms with Crippen LogP contribution in [0.1, 0.15) is 72.9 Å². The summed E-state index contributed by atoms with van der Waals surface area (Å²) in [6.07, 6.45) is 9.40. The van der Waals surface area contributed by atoms with Crippen LogP contribution in [0.15, 0.2) is 66.7 Å². The quantitative estimate of drug-likeness (QED) is 0.518. The molecule has 4 fully saturated rings. The molecule has 0 aliphatic heterocycles. The second-order valence-corrected chi connectivity index (χ2v) is 13.0. The van der Waals surface area contributed by atoms with E-state index in [-0.39, 0.29) is 22.9 Å². The lowest BCUT2D eigenvalue weighted by Crippen LogP contribution is -2.61. The van der Waals surface area contributed by atoms with E-state index in [0.29, 0.717) is 23.3 Å². The molecule has 38 heavy (non-hydrogen) atoms. The Morgan fingerprint density at radius 1 is 0.711 bits per heavy atom. The Hall–Kier alpha value is -3.30. The highest BCUT2D eigenvalue weighted by Crippen LogP contribution is 2.63. The molecule has 3 heteroatoms. The van der Waals surface area contributed by atoms with Crippen molar-refractivity contribution in [2.45, 2.75) is 56.9 Å². The van der Waals surface area contributed by atoms with Gasteiger partial charge in [0.1, 0.15) is 5.54 Å². The van der Waals surface area contributed by atoms with Gasteiger partial charge >= 0.3 is 0 Å². The smallest absolute Gasteiger partial charge is 0.191 e. The van der Waals surface area contributed by atoms with Gasteiger partial charge in [0.05, 0.1) is 0 Å². The van der Waals surface area contributed by atoms with Crippen LogP contribution in [-0.4, -0.2) is 17.1 Å². The molecule has 4 bridgehead atoms. The SMILES string of the molecule is CC1(N)C(=O)C(C23CC4CC(CC(C4)C2)C3)=c2ccc3c(c2C1=O)C(c1ccccc1)C=c1ccccc1=3. The van der Waals surface area contributed by atoms with E-state index >= 15 is 0 Å². The lowest BCUT2D eigenvalue weighted by Gasteiger charge is -2.58. The lowest BCUT2D eigenvalue weighted by atomic mass is 9.46. The molecule has 0 saturated heterocycles. The van der Waals surface area contributed by atoms with Crippen LogP contribution in [-0.2, 0) is 4.79 Å². The topological polar surface area (TPSA) is 60.2 Å². The fraction of sp³-hybridized carbons (Fsp3) is 0.371. The third-order valence-corrected chi connectivity index (χ3v) is 10.5. The summed E-state index contributed by atoms with van der Waals surface area (Å²) in [6, 6.07) is 23.1. The molecular weight excluding hydrogens is 466 g/mol. The molecule has 3 aromatic rings. The minimum absolute atomic E-state index is 0.0818. The summed E-state index contributed by atoms with van der Waals surface area (Å²) < 4.78 is 0. The van der Waals surface area contributed by atoms with E-state index in [1.807, 2.05) is 6.07 Å². The molecule has 9 rings (SSSR count). The van der Waals surface area contributed by atoms with E-state index in [2.05, 4.69) is 66.7 Å². The fourth-order valence-electron chi connectivity index (χ4n) is 9.39. The van der Waals surface area contributed by atoms with Crippen LogP contribution in [0.2, 0.25) is 0 Å². The molecule has 6 aliphatic rings.